The summed E-state index contributed by atoms with van der Waals surface area (Å²) < 4.78 is 3.85. The summed E-state index contributed by atoms with van der Waals surface area (Å²) in [7, 11) is 1.97. The van der Waals surface area contributed by atoms with Crippen LogP contribution < -0.4 is 11.1 Å². The number of amides is 1. The van der Waals surface area contributed by atoms with Gasteiger partial charge in [-0.3, -0.25) is 9.36 Å². The van der Waals surface area contributed by atoms with Crippen molar-refractivity contribution in [3.05, 3.63) is 91.0 Å². The number of aryl methyl sites for hydroxylation is 2. The summed E-state index contributed by atoms with van der Waals surface area (Å²) in [6.07, 6.45) is 14.1. The lowest BCUT2D eigenvalue weighted by atomic mass is 10.1. The Morgan fingerprint density at radius 1 is 1.05 bits per heavy atom. The maximum absolute atomic E-state index is 11.1. The number of carbonyl (C=O) groups is 1. The number of fused-ring (bicyclic) bond motifs is 2. The van der Waals surface area contributed by atoms with E-state index < -0.39 is 0 Å². The number of likely N-dealkylation sites (tertiary alicyclic amines) is 1. The average Bonchev–Trinajstić information content (AvgIpc) is 3.81. The maximum atomic E-state index is 11.1. The zero-order valence-electron chi connectivity index (χ0n) is 23.8. The molecule has 3 N–H and O–H groups in total. The van der Waals surface area contributed by atoms with Gasteiger partial charge in [-0.1, -0.05) is 12.6 Å². The summed E-state index contributed by atoms with van der Waals surface area (Å²) >= 11 is 0. The van der Waals surface area contributed by atoms with Crippen molar-refractivity contribution in [1.82, 2.24) is 39.5 Å². The number of hydrogen-bond donors (Lipinski definition) is 2. The van der Waals surface area contributed by atoms with Gasteiger partial charge in [-0.25, -0.2) is 19.6 Å². The zero-order chi connectivity index (χ0) is 29.1. The van der Waals surface area contributed by atoms with E-state index >= 15 is 0 Å². The molecule has 0 spiro atoms. The lowest BCUT2D eigenvalue weighted by Gasteiger charge is -2.30. The van der Waals surface area contributed by atoms with Crippen LogP contribution in [0.4, 0.5) is 5.82 Å². The number of rotatable bonds is 5. The molecule has 1 aliphatic carbocycles. The molecule has 0 saturated carbocycles. The number of nitrogen functional groups attached to an aromatic ring is 1. The Bertz CT molecular complexity index is 1720. The number of pyridine rings is 2. The molecule has 7 rings (SSSR count). The Balaban J connectivity index is 0.000000223. The van der Waals surface area contributed by atoms with Crippen molar-refractivity contribution < 1.29 is 4.79 Å². The van der Waals surface area contributed by atoms with E-state index in [2.05, 4.69) is 44.7 Å². The van der Waals surface area contributed by atoms with Crippen LogP contribution in [0, 0.1) is 0 Å². The lowest BCUT2D eigenvalue weighted by Crippen LogP contribution is -2.43. The van der Waals surface area contributed by atoms with E-state index in [4.69, 9.17) is 15.7 Å². The first kappa shape index (κ1) is 27.3. The van der Waals surface area contributed by atoms with Gasteiger partial charge in [0.05, 0.1) is 17.4 Å². The van der Waals surface area contributed by atoms with Crippen LogP contribution in [0.5, 0.6) is 0 Å². The molecule has 1 fully saturated rings. The number of benzene rings is 1. The largest absolute Gasteiger partial charge is 0.383 e. The molecule has 214 valence electrons. The lowest BCUT2D eigenvalue weighted by molar-refractivity contribution is -0.127. The SMILES string of the molecule is C=CC(=O)N1CCC(NC)CC1.Nc1ncccc1-c1nc2cc(-n3cccn3)cnc2n1-c1ccc2c(c1)CCC2. The molecule has 1 amide bonds. The standard InChI is InChI=1S/C23H19N7.C9H16N2O/c24-21-19(6-2-9-25-21)22-28-20-13-18(29-11-3-10-27-29)14-26-23(20)30(22)17-8-7-15-4-1-5-16(15)12-17;1-3-9(12)11-6-4-8(10-2)5-7-11/h2-3,6-14H,1,4-5H2,(H2,24,25);3,8,10H,1,4-7H2,2H3. The molecule has 1 aromatic carbocycles. The second-order valence-corrected chi connectivity index (χ2v) is 10.6. The second-order valence-electron chi connectivity index (χ2n) is 10.6. The Kier molecular flexibility index (Phi) is 7.78. The molecule has 10 heteroatoms. The Labute approximate surface area is 244 Å². The van der Waals surface area contributed by atoms with Crippen LogP contribution in [-0.2, 0) is 17.6 Å². The van der Waals surface area contributed by atoms with Gasteiger partial charge < -0.3 is 16.0 Å². The van der Waals surface area contributed by atoms with Crippen LogP contribution in [0.15, 0.2) is 79.9 Å². The van der Waals surface area contributed by atoms with Crippen molar-refractivity contribution in [3.8, 4) is 22.8 Å². The van der Waals surface area contributed by atoms with Crippen LogP contribution in [0.1, 0.15) is 30.4 Å². The minimum Gasteiger partial charge on any atom is -0.383 e. The molecule has 4 aromatic heterocycles. The molecule has 5 heterocycles. The number of aromatic nitrogens is 6. The van der Waals surface area contributed by atoms with Crippen molar-refractivity contribution in [1.29, 1.82) is 0 Å². The number of anilines is 1. The summed E-state index contributed by atoms with van der Waals surface area (Å²) in [5.74, 6) is 1.24. The molecule has 1 aliphatic heterocycles. The quantitative estimate of drug-likeness (QED) is 0.310. The molecule has 1 saturated heterocycles. The van der Waals surface area contributed by atoms with Crippen LogP contribution in [0.2, 0.25) is 0 Å². The van der Waals surface area contributed by atoms with Gasteiger partial charge in [0.15, 0.2) is 11.5 Å². The van der Waals surface area contributed by atoms with E-state index in [9.17, 15) is 4.79 Å². The molecule has 0 bridgehead atoms. The third-order valence-electron chi connectivity index (χ3n) is 8.06. The van der Waals surface area contributed by atoms with Gasteiger partial charge in [0.1, 0.15) is 11.3 Å². The summed E-state index contributed by atoms with van der Waals surface area (Å²) in [6, 6.07) is 14.9. The van der Waals surface area contributed by atoms with E-state index in [0.29, 0.717) is 11.9 Å². The molecule has 5 aromatic rings. The van der Waals surface area contributed by atoms with Crippen molar-refractivity contribution in [3.63, 3.8) is 0 Å². The minimum atomic E-state index is 0.0598. The van der Waals surface area contributed by atoms with Crippen LogP contribution >= 0.6 is 0 Å². The fourth-order valence-electron chi connectivity index (χ4n) is 5.75. The van der Waals surface area contributed by atoms with Gasteiger partial charge in [0.25, 0.3) is 0 Å². The number of imidazole rings is 1. The number of nitrogens with zero attached hydrogens (tertiary/aromatic N) is 7. The fourth-order valence-corrected chi connectivity index (χ4v) is 5.75. The maximum Gasteiger partial charge on any atom is 0.245 e. The highest BCUT2D eigenvalue weighted by molar-refractivity contribution is 5.87. The van der Waals surface area contributed by atoms with E-state index in [1.165, 1.54) is 23.6 Å². The van der Waals surface area contributed by atoms with E-state index in [1.54, 1.807) is 17.1 Å². The van der Waals surface area contributed by atoms with Gasteiger partial charge in [-0.05, 0) is 92.8 Å². The highest BCUT2D eigenvalue weighted by Gasteiger charge is 2.21. The number of hydrogen-bond acceptors (Lipinski definition) is 7. The van der Waals surface area contributed by atoms with Gasteiger partial charge in [0, 0.05) is 43.4 Å². The summed E-state index contributed by atoms with van der Waals surface area (Å²) in [5, 5.41) is 7.52. The number of nitrogens with one attached hydrogen (secondary N) is 1. The van der Waals surface area contributed by atoms with E-state index in [1.807, 2.05) is 48.6 Å². The first-order valence-electron chi connectivity index (χ1n) is 14.4. The van der Waals surface area contributed by atoms with E-state index in [0.717, 1.165) is 72.7 Å². The smallest absolute Gasteiger partial charge is 0.245 e. The molecule has 2 aliphatic rings. The predicted octanol–water partition coefficient (Wildman–Crippen LogP) is 4.12. The third-order valence-corrected chi connectivity index (χ3v) is 8.06. The first-order valence-corrected chi connectivity index (χ1v) is 14.4. The number of carbonyl (C=O) groups excluding carboxylic acids is 1. The molecule has 0 atom stereocenters. The van der Waals surface area contributed by atoms with Crippen molar-refractivity contribution in [2.45, 2.75) is 38.1 Å². The predicted molar refractivity (Wildman–Crippen MR) is 165 cm³/mol. The summed E-state index contributed by atoms with van der Waals surface area (Å²) in [4.78, 5) is 26.9. The van der Waals surface area contributed by atoms with Gasteiger partial charge in [-0.2, -0.15) is 5.10 Å². The van der Waals surface area contributed by atoms with Gasteiger partial charge in [0.2, 0.25) is 5.91 Å². The molecule has 10 nitrogen and oxygen atoms in total. The molecular weight excluding hydrogens is 526 g/mol. The molecule has 0 unspecified atom stereocenters. The average molecular weight is 562 g/mol. The third kappa shape index (κ3) is 5.40. The van der Waals surface area contributed by atoms with Crippen molar-refractivity contribution >= 4 is 22.9 Å². The van der Waals surface area contributed by atoms with Gasteiger partial charge in [-0.15, -0.1) is 0 Å². The Hall–Kier alpha value is -4.83. The second kappa shape index (κ2) is 12.0. The fraction of sp³-hybridized carbons (Fsp3) is 0.281. The van der Waals surface area contributed by atoms with Crippen molar-refractivity contribution in [2.24, 2.45) is 0 Å². The first-order chi connectivity index (χ1) is 20.6. The molecule has 42 heavy (non-hydrogen) atoms. The Morgan fingerprint density at radius 3 is 2.62 bits per heavy atom. The van der Waals surface area contributed by atoms with Crippen LogP contribution in [-0.4, -0.2) is 66.3 Å². The highest BCUT2D eigenvalue weighted by Crippen LogP contribution is 2.33. The molecular formula is C32H35N9O. The van der Waals surface area contributed by atoms with Gasteiger partial charge >= 0.3 is 0 Å². The summed E-state index contributed by atoms with van der Waals surface area (Å²) in [6.45, 7) is 5.18. The number of piperidine rings is 1. The monoisotopic (exact) mass is 561 g/mol. The van der Waals surface area contributed by atoms with Crippen molar-refractivity contribution in [2.75, 3.05) is 25.9 Å². The van der Waals surface area contributed by atoms with Crippen LogP contribution in [0.25, 0.3) is 33.9 Å². The minimum absolute atomic E-state index is 0.0598. The highest BCUT2D eigenvalue weighted by atomic mass is 16.2. The number of nitrogens with two attached hydrogens (primary N) is 1. The molecule has 0 radical (unpaired) electrons. The van der Waals surface area contributed by atoms with E-state index in [-0.39, 0.29) is 5.91 Å². The zero-order valence-corrected chi connectivity index (χ0v) is 23.8. The van der Waals surface area contributed by atoms with Crippen LogP contribution in [0.3, 0.4) is 0 Å². The topological polar surface area (TPSA) is 120 Å². The summed E-state index contributed by atoms with van der Waals surface area (Å²) in [5.41, 5.74) is 13.3. The Morgan fingerprint density at radius 2 is 1.88 bits per heavy atom. The normalized spacial score (nSPS) is 14.8.